The minimum absolute atomic E-state index is 0.00762. The zero-order chi connectivity index (χ0) is 13.7. The Balaban J connectivity index is 1.78. The number of aryl methyl sites for hydroxylation is 1. The lowest BCUT2D eigenvalue weighted by molar-refractivity contribution is -0.121. The van der Waals surface area contributed by atoms with Crippen LogP contribution in [-0.4, -0.2) is 35.6 Å². The normalized spacial score (nSPS) is 17.1. The van der Waals surface area contributed by atoms with Crippen molar-refractivity contribution in [2.75, 3.05) is 25.0 Å². The van der Waals surface area contributed by atoms with Crippen LogP contribution in [0.3, 0.4) is 0 Å². The predicted molar refractivity (Wildman–Crippen MR) is 69.3 cm³/mol. The van der Waals surface area contributed by atoms with Crippen LogP contribution in [0.15, 0.2) is 10.6 Å². The van der Waals surface area contributed by atoms with Gasteiger partial charge in [0, 0.05) is 24.9 Å². The van der Waals surface area contributed by atoms with Crippen LogP contribution in [0.4, 0.5) is 5.82 Å². The number of nitriles is 1. The monoisotopic (exact) mass is 262 g/mol. The Hall–Kier alpha value is -1.87. The van der Waals surface area contributed by atoms with Gasteiger partial charge in [-0.05, 0) is 32.9 Å². The highest BCUT2D eigenvalue weighted by Gasteiger charge is 2.25. The highest BCUT2D eigenvalue weighted by molar-refractivity contribution is 5.91. The van der Waals surface area contributed by atoms with E-state index in [1.54, 1.807) is 13.0 Å². The summed E-state index contributed by atoms with van der Waals surface area (Å²) in [6, 6.07) is 3.85. The molecule has 19 heavy (non-hydrogen) atoms. The number of carbonyl (C=O) groups is 1. The molecule has 0 bridgehead atoms. The average molecular weight is 262 g/mol. The van der Waals surface area contributed by atoms with Crippen molar-refractivity contribution >= 4 is 11.7 Å². The predicted octanol–water partition coefficient (Wildman–Crippen LogP) is 1.55. The van der Waals surface area contributed by atoms with E-state index in [0.717, 1.165) is 32.5 Å². The van der Waals surface area contributed by atoms with Crippen LogP contribution in [0.25, 0.3) is 0 Å². The molecule has 1 fully saturated rings. The standard InChI is InChI=1S/C13H18N4O2/c1-10-9-12(16-19-10)15-13(18)11-3-7-17(8-4-11)6-2-5-14/h9,11H,2-4,6-8H2,1H3,(H,15,16,18). The number of carbonyl (C=O) groups excluding carboxylic acids is 1. The molecule has 1 saturated heterocycles. The van der Waals surface area contributed by atoms with Crippen LogP contribution in [0.2, 0.25) is 0 Å². The van der Waals surface area contributed by atoms with Crippen LogP contribution in [0, 0.1) is 24.2 Å². The molecule has 1 N–H and O–H groups in total. The number of anilines is 1. The summed E-state index contributed by atoms with van der Waals surface area (Å²) in [5.41, 5.74) is 0. The molecule has 0 unspecified atom stereocenters. The molecular formula is C13H18N4O2. The van der Waals surface area contributed by atoms with Gasteiger partial charge in [-0.1, -0.05) is 5.16 Å². The second kappa shape index (κ2) is 6.34. The van der Waals surface area contributed by atoms with Crippen molar-refractivity contribution in [2.24, 2.45) is 5.92 Å². The number of likely N-dealkylation sites (tertiary alicyclic amines) is 1. The second-order valence-electron chi connectivity index (χ2n) is 4.84. The van der Waals surface area contributed by atoms with Gasteiger partial charge in [0.1, 0.15) is 5.76 Å². The average Bonchev–Trinajstić information content (AvgIpc) is 2.82. The minimum Gasteiger partial charge on any atom is -0.360 e. The molecule has 1 amide bonds. The third kappa shape index (κ3) is 3.80. The molecule has 2 heterocycles. The minimum atomic E-state index is 0.00762. The summed E-state index contributed by atoms with van der Waals surface area (Å²) in [6.45, 7) is 4.33. The summed E-state index contributed by atoms with van der Waals surface area (Å²) >= 11 is 0. The number of amides is 1. The van der Waals surface area contributed by atoms with E-state index in [-0.39, 0.29) is 11.8 Å². The third-order valence-corrected chi connectivity index (χ3v) is 3.38. The number of nitrogens with zero attached hydrogens (tertiary/aromatic N) is 3. The Labute approximate surface area is 112 Å². The first-order valence-electron chi connectivity index (χ1n) is 6.52. The first-order chi connectivity index (χ1) is 9.19. The number of aromatic nitrogens is 1. The molecule has 1 aliphatic rings. The van der Waals surface area contributed by atoms with Gasteiger partial charge in [-0.2, -0.15) is 5.26 Å². The van der Waals surface area contributed by atoms with Gasteiger partial charge in [0.25, 0.3) is 0 Å². The van der Waals surface area contributed by atoms with Gasteiger partial charge in [-0.3, -0.25) is 4.79 Å². The number of hydrogen-bond donors (Lipinski definition) is 1. The lowest BCUT2D eigenvalue weighted by Gasteiger charge is -2.30. The molecule has 1 aromatic rings. The zero-order valence-corrected chi connectivity index (χ0v) is 11.1. The van der Waals surface area contributed by atoms with E-state index in [4.69, 9.17) is 9.78 Å². The largest absolute Gasteiger partial charge is 0.360 e. The maximum atomic E-state index is 12.0. The van der Waals surface area contributed by atoms with E-state index in [9.17, 15) is 4.79 Å². The second-order valence-corrected chi connectivity index (χ2v) is 4.84. The fraction of sp³-hybridized carbons (Fsp3) is 0.615. The van der Waals surface area contributed by atoms with Crippen molar-refractivity contribution in [3.63, 3.8) is 0 Å². The van der Waals surface area contributed by atoms with Crippen molar-refractivity contribution in [2.45, 2.75) is 26.2 Å². The van der Waals surface area contributed by atoms with Crippen molar-refractivity contribution in [1.82, 2.24) is 10.1 Å². The number of piperidine rings is 1. The zero-order valence-electron chi connectivity index (χ0n) is 11.1. The highest BCUT2D eigenvalue weighted by Crippen LogP contribution is 2.19. The van der Waals surface area contributed by atoms with Crippen LogP contribution in [0.5, 0.6) is 0 Å². The molecule has 0 aliphatic carbocycles. The number of rotatable bonds is 4. The maximum absolute atomic E-state index is 12.0. The van der Waals surface area contributed by atoms with Crippen molar-refractivity contribution < 1.29 is 9.32 Å². The lowest BCUT2D eigenvalue weighted by Crippen LogP contribution is -2.38. The fourth-order valence-electron chi connectivity index (χ4n) is 2.28. The van der Waals surface area contributed by atoms with E-state index < -0.39 is 0 Å². The SMILES string of the molecule is Cc1cc(NC(=O)C2CCN(CCC#N)CC2)no1. The van der Waals surface area contributed by atoms with E-state index in [1.165, 1.54) is 0 Å². The molecule has 6 nitrogen and oxygen atoms in total. The lowest BCUT2D eigenvalue weighted by atomic mass is 9.96. The van der Waals surface area contributed by atoms with Gasteiger partial charge < -0.3 is 14.7 Å². The van der Waals surface area contributed by atoms with Crippen LogP contribution in [0.1, 0.15) is 25.0 Å². The molecule has 6 heteroatoms. The van der Waals surface area contributed by atoms with Crippen molar-refractivity contribution in [1.29, 1.82) is 5.26 Å². The molecule has 0 atom stereocenters. The Bertz CT molecular complexity index is 469. The van der Waals surface area contributed by atoms with Gasteiger partial charge in [0.2, 0.25) is 5.91 Å². The van der Waals surface area contributed by atoms with E-state index in [1.807, 2.05) is 0 Å². The Morgan fingerprint density at radius 2 is 2.37 bits per heavy atom. The maximum Gasteiger partial charge on any atom is 0.228 e. The van der Waals surface area contributed by atoms with Crippen LogP contribution in [-0.2, 0) is 4.79 Å². The van der Waals surface area contributed by atoms with Gasteiger partial charge in [0.05, 0.1) is 6.07 Å². The van der Waals surface area contributed by atoms with Crippen LogP contribution >= 0.6 is 0 Å². The Morgan fingerprint density at radius 1 is 1.63 bits per heavy atom. The first-order valence-corrected chi connectivity index (χ1v) is 6.52. The summed E-state index contributed by atoms with van der Waals surface area (Å²) in [5, 5.41) is 15.1. The summed E-state index contributed by atoms with van der Waals surface area (Å²) in [4.78, 5) is 14.3. The summed E-state index contributed by atoms with van der Waals surface area (Å²) in [6.07, 6.45) is 2.21. The molecule has 1 aromatic heterocycles. The highest BCUT2D eigenvalue weighted by atomic mass is 16.5. The fourth-order valence-corrected chi connectivity index (χ4v) is 2.28. The van der Waals surface area contributed by atoms with Gasteiger partial charge in [-0.15, -0.1) is 0 Å². The van der Waals surface area contributed by atoms with Crippen molar-refractivity contribution in [3.05, 3.63) is 11.8 Å². The smallest absolute Gasteiger partial charge is 0.228 e. The molecule has 2 rings (SSSR count). The third-order valence-electron chi connectivity index (χ3n) is 3.38. The molecule has 1 aliphatic heterocycles. The topological polar surface area (TPSA) is 82.2 Å². The van der Waals surface area contributed by atoms with E-state index in [0.29, 0.717) is 18.0 Å². The van der Waals surface area contributed by atoms with Gasteiger partial charge in [0.15, 0.2) is 5.82 Å². The summed E-state index contributed by atoms with van der Waals surface area (Å²) in [7, 11) is 0. The molecule has 0 aromatic carbocycles. The van der Waals surface area contributed by atoms with Crippen LogP contribution < -0.4 is 5.32 Å². The van der Waals surface area contributed by atoms with Gasteiger partial charge in [-0.25, -0.2) is 0 Å². The van der Waals surface area contributed by atoms with E-state index in [2.05, 4.69) is 21.4 Å². The number of nitrogens with one attached hydrogen (secondary N) is 1. The Morgan fingerprint density at radius 3 is 2.95 bits per heavy atom. The molecular weight excluding hydrogens is 244 g/mol. The molecule has 0 radical (unpaired) electrons. The molecule has 0 saturated carbocycles. The van der Waals surface area contributed by atoms with Gasteiger partial charge >= 0.3 is 0 Å². The Kier molecular flexibility index (Phi) is 4.53. The number of hydrogen-bond acceptors (Lipinski definition) is 5. The molecule has 102 valence electrons. The van der Waals surface area contributed by atoms with Crippen molar-refractivity contribution in [3.8, 4) is 6.07 Å². The first kappa shape index (κ1) is 13.6. The van der Waals surface area contributed by atoms with E-state index >= 15 is 0 Å². The summed E-state index contributed by atoms with van der Waals surface area (Å²) < 4.78 is 4.91. The quantitative estimate of drug-likeness (QED) is 0.890. The summed E-state index contributed by atoms with van der Waals surface area (Å²) in [5.74, 6) is 1.19. The molecule has 0 spiro atoms.